The maximum Gasteiger partial charge on any atom is 0.195 e. The van der Waals surface area contributed by atoms with Crippen LogP contribution in [0, 0.1) is 5.92 Å². The standard InChI is InChI=1S/C13H18ClN3S/c1-9(2)17(8-10-3-4-10)12-11(7-14)16-5-6-18-13(16)15-12/h5-6,9-10H,3-4,7-8H2,1-2H3. The summed E-state index contributed by atoms with van der Waals surface area (Å²) < 4.78 is 2.12. The van der Waals surface area contributed by atoms with Crippen molar-refractivity contribution in [3.05, 3.63) is 17.3 Å². The molecular formula is C13H18ClN3S. The Morgan fingerprint density at radius 2 is 2.33 bits per heavy atom. The molecule has 0 saturated heterocycles. The Bertz CT molecular complexity index is 541. The average molecular weight is 284 g/mol. The zero-order valence-corrected chi connectivity index (χ0v) is 12.3. The molecule has 5 heteroatoms. The molecule has 1 fully saturated rings. The number of halogens is 1. The first-order valence-electron chi connectivity index (χ1n) is 6.47. The number of thiazole rings is 1. The van der Waals surface area contributed by atoms with Crippen molar-refractivity contribution in [3.63, 3.8) is 0 Å². The summed E-state index contributed by atoms with van der Waals surface area (Å²) >= 11 is 7.80. The van der Waals surface area contributed by atoms with Crippen LogP contribution in [0.1, 0.15) is 32.4 Å². The average Bonchev–Trinajstić information content (AvgIpc) is 2.92. The zero-order valence-electron chi connectivity index (χ0n) is 10.8. The van der Waals surface area contributed by atoms with Crippen LogP contribution < -0.4 is 4.90 Å². The van der Waals surface area contributed by atoms with Gasteiger partial charge in [-0.2, -0.15) is 0 Å². The number of anilines is 1. The molecule has 2 aromatic rings. The van der Waals surface area contributed by atoms with Crippen LogP contribution in [-0.4, -0.2) is 22.0 Å². The first-order valence-corrected chi connectivity index (χ1v) is 7.89. The Balaban J connectivity index is 2.00. The summed E-state index contributed by atoms with van der Waals surface area (Å²) in [6.45, 7) is 5.58. The number of hydrogen-bond acceptors (Lipinski definition) is 3. The summed E-state index contributed by atoms with van der Waals surface area (Å²) in [5.74, 6) is 2.45. The Hall–Kier alpha value is -0.740. The Labute approximate surface area is 116 Å². The molecule has 0 N–H and O–H groups in total. The van der Waals surface area contributed by atoms with Crippen LogP contribution in [0.3, 0.4) is 0 Å². The highest BCUT2D eigenvalue weighted by atomic mass is 35.5. The van der Waals surface area contributed by atoms with Crippen LogP contribution in [0.2, 0.25) is 0 Å². The molecule has 1 aliphatic rings. The largest absolute Gasteiger partial charge is 0.352 e. The molecule has 1 saturated carbocycles. The van der Waals surface area contributed by atoms with Crippen molar-refractivity contribution in [2.24, 2.45) is 5.92 Å². The van der Waals surface area contributed by atoms with Gasteiger partial charge in [-0.25, -0.2) is 4.98 Å². The lowest BCUT2D eigenvalue weighted by molar-refractivity contribution is 0.636. The molecule has 0 aliphatic heterocycles. The molecule has 2 heterocycles. The van der Waals surface area contributed by atoms with E-state index in [1.807, 2.05) is 0 Å². The number of nitrogens with zero attached hydrogens (tertiary/aromatic N) is 3. The number of fused-ring (bicyclic) bond motifs is 1. The number of alkyl halides is 1. The fourth-order valence-corrected chi connectivity index (χ4v) is 3.27. The topological polar surface area (TPSA) is 20.5 Å². The predicted octanol–water partition coefficient (Wildman–Crippen LogP) is 3.76. The van der Waals surface area contributed by atoms with Gasteiger partial charge in [-0.15, -0.1) is 22.9 Å². The van der Waals surface area contributed by atoms with Gasteiger partial charge in [0.1, 0.15) is 0 Å². The van der Waals surface area contributed by atoms with Crippen molar-refractivity contribution < 1.29 is 0 Å². The molecule has 0 bridgehead atoms. The summed E-state index contributed by atoms with van der Waals surface area (Å²) in [5, 5.41) is 2.06. The van der Waals surface area contributed by atoms with Gasteiger partial charge in [0, 0.05) is 24.2 Å². The summed E-state index contributed by atoms with van der Waals surface area (Å²) in [6, 6.07) is 0.470. The van der Waals surface area contributed by atoms with Crippen LogP contribution in [0.15, 0.2) is 11.6 Å². The van der Waals surface area contributed by atoms with Gasteiger partial charge in [0.05, 0.1) is 11.6 Å². The Kier molecular flexibility index (Phi) is 3.24. The number of aromatic nitrogens is 2. The lowest BCUT2D eigenvalue weighted by atomic mass is 10.2. The van der Waals surface area contributed by atoms with Gasteiger partial charge in [-0.1, -0.05) is 0 Å². The van der Waals surface area contributed by atoms with E-state index in [-0.39, 0.29) is 0 Å². The fourth-order valence-electron chi connectivity index (χ4n) is 2.30. The molecular weight excluding hydrogens is 266 g/mol. The van der Waals surface area contributed by atoms with Crippen LogP contribution in [0.4, 0.5) is 5.82 Å². The third-order valence-corrected chi connectivity index (χ3v) is 4.52. The van der Waals surface area contributed by atoms with Gasteiger partial charge in [-0.3, -0.25) is 4.40 Å². The first kappa shape index (κ1) is 12.3. The van der Waals surface area contributed by atoms with E-state index >= 15 is 0 Å². The summed E-state index contributed by atoms with van der Waals surface area (Å²) in [7, 11) is 0. The monoisotopic (exact) mass is 283 g/mol. The number of rotatable bonds is 5. The normalized spacial score (nSPS) is 15.8. The maximum absolute atomic E-state index is 6.13. The minimum absolute atomic E-state index is 0.470. The summed E-state index contributed by atoms with van der Waals surface area (Å²) in [6.07, 6.45) is 4.78. The highest BCUT2D eigenvalue weighted by molar-refractivity contribution is 7.15. The van der Waals surface area contributed by atoms with Crippen LogP contribution in [0.5, 0.6) is 0 Å². The second kappa shape index (κ2) is 4.74. The summed E-state index contributed by atoms with van der Waals surface area (Å²) in [4.78, 5) is 8.22. The molecule has 0 amide bonds. The van der Waals surface area contributed by atoms with Gasteiger partial charge in [0.15, 0.2) is 10.8 Å². The number of hydrogen-bond donors (Lipinski definition) is 0. The first-order chi connectivity index (χ1) is 8.70. The molecule has 98 valence electrons. The Morgan fingerprint density at radius 1 is 1.56 bits per heavy atom. The van der Waals surface area contributed by atoms with Crippen molar-refractivity contribution in [1.82, 2.24) is 9.38 Å². The van der Waals surface area contributed by atoms with Crippen molar-refractivity contribution >= 4 is 33.7 Å². The van der Waals surface area contributed by atoms with E-state index in [4.69, 9.17) is 16.6 Å². The molecule has 0 atom stereocenters. The Morgan fingerprint density at radius 3 is 2.94 bits per heavy atom. The minimum Gasteiger partial charge on any atom is -0.352 e. The molecule has 2 aromatic heterocycles. The molecule has 3 rings (SSSR count). The van der Waals surface area contributed by atoms with E-state index in [1.54, 1.807) is 11.3 Å². The van der Waals surface area contributed by atoms with Gasteiger partial charge >= 0.3 is 0 Å². The van der Waals surface area contributed by atoms with Crippen LogP contribution in [0.25, 0.3) is 4.96 Å². The van der Waals surface area contributed by atoms with Crippen molar-refractivity contribution in [2.75, 3.05) is 11.4 Å². The molecule has 0 unspecified atom stereocenters. The van der Waals surface area contributed by atoms with E-state index in [9.17, 15) is 0 Å². The SMILES string of the molecule is CC(C)N(CC1CC1)c1nc2sccn2c1CCl. The third kappa shape index (κ3) is 2.12. The third-order valence-electron chi connectivity index (χ3n) is 3.51. The highest BCUT2D eigenvalue weighted by Gasteiger charge is 2.28. The number of imidazole rings is 1. The lowest BCUT2D eigenvalue weighted by Crippen LogP contribution is -2.33. The van der Waals surface area contributed by atoms with E-state index in [1.165, 1.54) is 12.8 Å². The minimum atomic E-state index is 0.470. The van der Waals surface area contributed by atoms with E-state index in [0.717, 1.165) is 28.9 Å². The highest BCUT2D eigenvalue weighted by Crippen LogP contribution is 2.34. The lowest BCUT2D eigenvalue weighted by Gasteiger charge is -2.27. The molecule has 0 spiro atoms. The van der Waals surface area contributed by atoms with Gasteiger partial charge in [-0.05, 0) is 32.6 Å². The quantitative estimate of drug-likeness (QED) is 0.779. The predicted molar refractivity (Wildman–Crippen MR) is 77.8 cm³/mol. The fraction of sp³-hybridized carbons (Fsp3) is 0.615. The van der Waals surface area contributed by atoms with E-state index < -0.39 is 0 Å². The van der Waals surface area contributed by atoms with E-state index in [0.29, 0.717) is 11.9 Å². The van der Waals surface area contributed by atoms with Crippen LogP contribution in [-0.2, 0) is 5.88 Å². The molecule has 0 aromatic carbocycles. The summed E-state index contributed by atoms with van der Waals surface area (Å²) in [5.41, 5.74) is 1.13. The van der Waals surface area contributed by atoms with Gasteiger partial charge in [0.25, 0.3) is 0 Å². The van der Waals surface area contributed by atoms with Crippen molar-refractivity contribution in [1.29, 1.82) is 0 Å². The smallest absolute Gasteiger partial charge is 0.195 e. The van der Waals surface area contributed by atoms with E-state index in [2.05, 4.69) is 34.7 Å². The molecule has 1 aliphatic carbocycles. The van der Waals surface area contributed by atoms with Gasteiger partial charge < -0.3 is 4.90 Å². The van der Waals surface area contributed by atoms with Crippen molar-refractivity contribution in [3.8, 4) is 0 Å². The molecule has 18 heavy (non-hydrogen) atoms. The zero-order chi connectivity index (χ0) is 12.7. The van der Waals surface area contributed by atoms with Crippen LogP contribution >= 0.6 is 22.9 Å². The maximum atomic E-state index is 6.13. The second-order valence-corrected chi connectivity index (χ2v) is 6.40. The molecule has 0 radical (unpaired) electrons. The second-order valence-electron chi connectivity index (χ2n) is 5.26. The molecule has 3 nitrogen and oxygen atoms in total. The van der Waals surface area contributed by atoms with Crippen molar-refractivity contribution in [2.45, 2.75) is 38.6 Å². The van der Waals surface area contributed by atoms with Gasteiger partial charge in [0.2, 0.25) is 0 Å².